The van der Waals surface area contributed by atoms with E-state index < -0.39 is 5.97 Å². The van der Waals surface area contributed by atoms with Gasteiger partial charge in [-0.05, 0) is 73.9 Å². The molecular weight excluding hydrogens is 448 g/mol. The Morgan fingerprint density at radius 3 is 2.24 bits per heavy atom. The summed E-state index contributed by atoms with van der Waals surface area (Å²) in [4.78, 5) is 16.7. The zero-order valence-electron chi connectivity index (χ0n) is 20.9. The summed E-state index contributed by atoms with van der Waals surface area (Å²) in [6.07, 6.45) is 0.841. The highest BCUT2D eigenvalue weighted by Gasteiger charge is 2.21. The standard InChI is InChI=1S/C28H34N2O3.ClH/c1-16(2)13-25-23(14-29)26(21-10-7-17(3)8-11-21)24(20(6)30-25)15-33-27-19(5)18(4)9-12-22(27)28(31)32;/h7-12,16H,13-15,29H2,1-6H3,(H,31,32);1H. The van der Waals surface area contributed by atoms with E-state index in [0.717, 1.165) is 51.2 Å². The van der Waals surface area contributed by atoms with E-state index in [-0.39, 0.29) is 24.6 Å². The average molecular weight is 483 g/mol. The fourth-order valence-corrected chi connectivity index (χ4v) is 4.15. The monoisotopic (exact) mass is 482 g/mol. The van der Waals surface area contributed by atoms with Crippen LogP contribution in [0.3, 0.4) is 0 Å². The third kappa shape index (κ3) is 5.78. The molecule has 34 heavy (non-hydrogen) atoms. The zero-order valence-corrected chi connectivity index (χ0v) is 21.7. The molecule has 0 bridgehead atoms. The molecule has 6 heteroatoms. The number of aromatic nitrogens is 1. The second-order valence-corrected chi connectivity index (χ2v) is 9.12. The predicted octanol–water partition coefficient (Wildman–Crippen LogP) is 6.34. The molecule has 0 amide bonds. The van der Waals surface area contributed by atoms with Crippen molar-refractivity contribution < 1.29 is 14.6 Å². The van der Waals surface area contributed by atoms with Crippen LogP contribution < -0.4 is 10.5 Å². The van der Waals surface area contributed by atoms with E-state index in [9.17, 15) is 9.90 Å². The Bertz CT molecular complexity index is 1170. The summed E-state index contributed by atoms with van der Waals surface area (Å²) in [5.74, 6) is -0.155. The number of benzene rings is 2. The number of aromatic carboxylic acids is 1. The molecule has 3 aromatic rings. The Balaban J connectivity index is 0.00000408. The number of hydrogen-bond acceptors (Lipinski definition) is 4. The highest BCUT2D eigenvalue weighted by molar-refractivity contribution is 5.91. The number of carboxylic acid groups (broad SMARTS) is 1. The van der Waals surface area contributed by atoms with E-state index in [1.165, 1.54) is 5.56 Å². The van der Waals surface area contributed by atoms with Crippen LogP contribution in [0.1, 0.15) is 63.4 Å². The Kier molecular flexibility index (Phi) is 9.25. The van der Waals surface area contributed by atoms with Gasteiger partial charge >= 0.3 is 5.97 Å². The van der Waals surface area contributed by atoms with Crippen LogP contribution in [-0.2, 0) is 19.6 Å². The summed E-state index contributed by atoms with van der Waals surface area (Å²) in [7, 11) is 0. The second-order valence-electron chi connectivity index (χ2n) is 9.12. The Morgan fingerprint density at radius 1 is 1.03 bits per heavy atom. The summed E-state index contributed by atoms with van der Waals surface area (Å²) >= 11 is 0. The first-order valence-corrected chi connectivity index (χ1v) is 11.4. The first kappa shape index (κ1) is 27.4. The van der Waals surface area contributed by atoms with Gasteiger partial charge in [-0.15, -0.1) is 12.4 Å². The van der Waals surface area contributed by atoms with Crippen LogP contribution in [0.15, 0.2) is 36.4 Å². The maximum Gasteiger partial charge on any atom is 0.339 e. The van der Waals surface area contributed by atoms with Crippen molar-refractivity contribution in [2.45, 2.75) is 61.1 Å². The molecule has 0 atom stereocenters. The third-order valence-corrected chi connectivity index (χ3v) is 6.11. The number of aryl methyl sites for hydroxylation is 3. The maximum absolute atomic E-state index is 11.8. The van der Waals surface area contributed by atoms with Gasteiger partial charge in [-0.2, -0.15) is 0 Å². The van der Waals surface area contributed by atoms with Gasteiger partial charge in [0.05, 0.1) is 0 Å². The molecule has 3 N–H and O–H groups in total. The topological polar surface area (TPSA) is 85.4 Å². The van der Waals surface area contributed by atoms with Crippen molar-refractivity contribution in [1.82, 2.24) is 4.98 Å². The lowest BCUT2D eigenvalue weighted by Gasteiger charge is -2.22. The maximum atomic E-state index is 11.8. The number of ether oxygens (including phenoxy) is 1. The van der Waals surface area contributed by atoms with Gasteiger partial charge in [0, 0.05) is 23.5 Å². The lowest BCUT2D eigenvalue weighted by molar-refractivity contribution is 0.0691. The molecule has 2 aromatic carbocycles. The Labute approximate surface area is 208 Å². The molecule has 5 nitrogen and oxygen atoms in total. The smallest absolute Gasteiger partial charge is 0.339 e. The average Bonchev–Trinajstić information content (AvgIpc) is 2.75. The second kappa shape index (κ2) is 11.5. The molecule has 1 heterocycles. The van der Waals surface area contributed by atoms with Crippen LogP contribution in [-0.4, -0.2) is 16.1 Å². The van der Waals surface area contributed by atoms with Crippen LogP contribution >= 0.6 is 12.4 Å². The van der Waals surface area contributed by atoms with Crippen LogP contribution in [0, 0.1) is 33.6 Å². The van der Waals surface area contributed by atoms with Crippen LogP contribution in [0.4, 0.5) is 0 Å². The number of nitrogens with two attached hydrogens (primary N) is 1. The fourth-order valence-electron chi connectivity index (χ4n) is 4.15. The largest absolute Gasteiger partial charge is 0.488 e. The first-order valence-electron chi connectivity index (χ1n) is 11.4. The lowest BCUT2D eigenvalue weighted by atomic mass is 9.90. The van der Waals surface area contributed by atoms with E-state index >= 15 is 0 Å². The number of pyridine rings is 1. The van der Waals surface area contributed by atoms with Gasteiger partial charge in [0.15, 0.2) is 0 Å². The highest BCUT2D eigenvalue weighted by Crippen LogP contribution is 2.34. The van der Waals surface area contributed by atoms with Crippen LogP contribution in [0.5, 0.6) is 5.75 Å². The molecule has 0 radical (unpaired) electrons. The molecule has 0 aliphatic heterocycles. The SMILES string of the molecule is Cc1ccc(-c2c(COc3c(C(=O)O)ccc(C)c3C)c(C)nc(CC(C)C)c2CN)cc1.Cl. The summed E-state index contributed by atoms with van der Waals surface area (Å²) in [5.41, 5.74) is 15.4. The van der Waals surface area contributed by atoms with Gasteiger partial charge in [-0.25, -0.2) is 4.79 Å². The molecular formula is C28H35ClN2O3. The van der Waals surface area contributed by atoms with Crippen molar-refractivity contribution in [2.75, 3.05) is 0 Å². The minimum absolute atomic E-state index is 0. The van der Waals surface area contributed by atoms with Crippen molar-refractivity contribution in [2.24, 2.45) is 11.7 Å². The minimum atomic E-state index is -1.00. The lowest BCUT2D eigenvalue weighted by Crippen LogP contribution is -2.15. The van der Waals surface area contributed by atoms with E-state index in [1.807, 2.05) is 26.8 Å². The van der Waals surface area contributed by atoms with Gasteiger partial charge in [-0.3, -0.25) is 4.98 Å². The van der Waals surface area contributed by atoms with E-state index in [2.05, 4.69) is 45.0 Å². The van der Waals surface area contributed by atoms with E-state index in [4.69, 9.17) is 15.5 Å². The number of carbonyl (C=O) groups is 1. The Morgan fingerprint density at radius 2 is 1.68 bits per heavy atom. The van der Waals surface area contributed by atoms with Crippen molar-refractivity contribution in [3.05, 3.63) is 81.2 Å². The molecule has 0 aliphatic rings. The van der Waals surface area contributed by atoms with Crippen molar-refractivity contribution in [3.8, 4) is 16.9 Å². The quantitative estimate of drug-likeness (QED) is 0.391. The minimum Gasteiger partial charge on any atom is -0.488 e. The fraction of sp³-hybridized carbons (Fsp3) is 0.357. The first-order chi connectivity index (χ1) is 15.6. The van der Waals surface area contributed by atoms with Gasteiger partial charge in [0.25, 0.3) is 0 Å². The van der Waals surface area contributed by atoms with Crippen LogP contribution in [0.2, 0.25) is 0 Å². The number of nitrogens with zero attached hydrogens (tertiary/aromatic N) is 1. The van der Waals surface area contributed by atoms with Crippen molar-refractivity contribution in [3.63, 3.8) is 0 Å². The van der Waals surface area contributed by atoms with E-state index in [1.54, 1.807) is 6.07 Å². The third-order valence-electron chi connectivity index (χ3n) is 6.11. The molecule has 0 aliphatic carbocycles. The molecule has 3 rings (SSSR count). The number of hydrogen-bond donors (Lipinski definition) is 2. The van der Waals surface area contributed by atoms with Gasteiger partial charge in [0.1, 0.15) is 17.9 Å². The highest BCUT2D eigenvalue weighted by atomic mass is 35.5. The Hall–Kier alpha value is -2.89. The molecule has 0 unspecified atom stereocenters. The number of rotatable bonds is 8. The molecule has 0 saturated heterocycles. The summed E-state index contributed by atoms with van der Waals surface area (Å²) < 4.78 is 6.22. The van der Waals surface area contributed by atoms with E-state index in [0.29, 0.717) is 18.2 Å². The molecule has 0 saturated carbocycles. The van der Waals surface area contributed by atoms with Gasteiger partial charge in [-0.1, -0.05) is 49.7 Å². The number of halogens is 1. The van der Waals surface area contributed by atoms with Gasteiger partial charge in [0.2, 0.25) is 0 Å². The zero-order chi connectivity index (χ0) is 24.3. The molecule has 0 fully saturated rings. The normalized spacial score (nSPS) is 10.8. The summed E-state index contributed by atoms with van der Waals surface area (Å²) in [6, 6.07) is 11.8. The van der Waals surface area contributed by atoms with Crippen LogP contribution in [0.25, 0.3) is 11.1 Å². The van der Waals surface area contributed by atoms with Gasteiger partial charge < -0.3 is 15.6 Å². The predicted molar refractivity (Wildman–Crippen MR) is 140 cm³/mol. The summed E-state index contributed by atoms with van der Waals surface area (Å²) in [6.45, 7) is 12.8. The van der Waals surface area contributed by atoms with Crippen molar-refractivity contribution >= 4 is 18.4 Å². The number of carboxylic acids is 1. The molecule has 0 spiro atoms. The summed E-state index contributed by atoms with van der Waals surface area (Å²) in [5, 5.41) is 9.68. The molecule has 182 valence electrons. The van der Waals surface area contributed by atoms with Crippen molar-refractivity contribution in [1.29, 1.82) is 0 Å². The molecule has 1 aromatic heterocycles.